The number of rotatable bonds is 17. The molecule has 10 nitrogen and oxygen atoms in total. The van der Waals surface area contributed by atoms with E-state index < -0.39 is 0 Å². The molecule has 26 rings (SSSR count). The van der Waals surface area contributed by atoms with Gasteiger partial charge in [-0.1, -0.05) is 360 Å². The first kappa shape index (κ1) is 84.0. The normalized spacial score (nSPS) is 12.6. The number of nitrogens with zero attached hydrogens (tertiary/aromatic N) is 4. The van der Waals surface area contributed by atoms with Crippen molar-refractivity contribution >= 4 is 243 Å². The van der Waals surface area contributed by atoms with Crippen LogP contribution in [0.1, 0.15) is 115 Å². The second-order valence-electron chi connectivity index (χ2n) is 41.6. The fourth-order valence-corrected chi connectivity index (χ4v) is 22.9. The summed E-state index contributed by atoms with van der Waals surface area (Å²) >= 11 is 0. The molecule has 20 aromatic carbocycles. The average molecular weight is 1820 g/mol. The van der Waals surface area contributed by atoms with Crippen molar-refractivity contribution in [1.82, 2.24) is 0 Å². The largest absolute Gasteiger partial charge is 0.455 e. The SMILES string of the molecule is Cc1ccccc1N(c1cc2c3cc(N(c4ccccc4C)c4cccc5c4oc4c(C(C)(C)CCC(C)(C)c6cccc7c6oc6c(N(c8ccccc8)c8cc9c%10cc(N(c%11ccccc%11)c%11cccc%12c%11oc%11c(C(C)(C)C)cccc%11%12)c%11ccccc%11c%10oc9c9ccccc89)cccc67)cccc45)c4ccccc4c3oc2c2ccccc12)c1cccc2c1oc1c(C(C)(C)C)cccc12. The molecule has 10 heteroatoms. The van der Waals surface area contributed by atoms with E-state index in [1.165, 1.54) is 11.1 Å². The van der Waals surface area contributed by atoms with Crippen molar-refractivity contribution in [2.75, 3.05) is 19.6 Å². The first-order valence-corrected chi connectivity index (χ1v) is 48.9. The third-order valence-electron chi connectivity index (χ3n) is 30.0. The van der Waals surface area contributed by atoms with Gasteiger partial charge in [0, 0.05) is 153 Å². The van der Waals surface area contributed by atoms with Crippen molar-refractivity contribution in [1.29, 1.82) is 0 Å². The molecule has 0 aliphatic rings. The van der Waals surface area contributed by atoms with Gasteiger partial charge in [0.2, 0.25) is 0 Å². The van der Waals surface area contributed by atoms with Gasteiger partial charge in [0.15, 0.2) is 22.3 Å². The number of hydrogen-bond donors (Lipinski definition) is 0. The maximum Gasteiger partial charge on any atom is 0.159 e. The molecule has 0 saturated heterocycles. The van der Waals surface area contributed by atoms with Crippen molar-refractivity contribution in [3.05, 3.63) is 409 Å². The smallest absolute Gasteiger partial charge is 0.159 e. The molecule has 6 aromatic heterocycles. The van der Waals surface area contributed by atoms with E-state index in [0.29, 0.717) is 0 Å². The number of aryl methyl sites for hydroxylation is 2. The van der Waals surface area contributed by atoms with E-state index in [1.54, 1.807) is 0 Å². The van der Waals surface area contributed by atoms with E-state index in [4.69, 9.17) is 26.5 Å². The molecule has 0 spiro atoms. The van der Waals surface area contributed by atoms with Crippen LogP contribution in [-0.4, -0.2) is 0 Å². The van der Waals surface area contributed by atoms with Crippen molar-refractivity contribution < 1.29 is 26.5 Å². The van der Waals surface area contributed by atoms with E-state index in [2.05, 4.69) is 479 Å². The van der Waals surface area contributed by atoms with E-state index >= 15 is 0 Å². The Labute approximate surface area is 810 Å². The highest BCUT2D eigenvalue weighted by Gasteiger charge is 2.37. The van der Waals surface area contributed by atoms with E-state index in [9.17, 15) is 0 Å². The zero-order valence-electron chi connectivity index (χ0n) is 80.4. The van der Waals surface area contributed by atoms with Crippen LogP contribution in [0.4, 0.5) is 68.2 Å². The van der Waals surface area contributed by atoms with Gasteiger partial charge in [0.1, 0.15) is 44.7 Å². The van der Waals surface area contributed by atoms with Crippen LogP contribution >= 0.6 is 0 Å². The predicted molar refractivity (Wildman–Crippen MR) is 587 cm³/mol. The van der Waals surface area contributed by atoms with Crippen LogP contribution in [-0.2, 0) is 21.7 Å². The van der Waals surface area contributed by atoms with Gasteiger partial charge in [0.25, 0.3) is 0 Å². The van der Waals surface area contributed by atoms with Gasteiger partial charge in [-0.25, -0.2) is 0 Å². The van der Waals surface area contributed by atoms with E-state index in [1.807, 2.05) is 0 Å². The Morgan fingerprint density at radius 1 is 0.164 bits per heavy atom. The molecule has 0 unspecified atom stereocenters. The van der Waals surface area contributed by atoms with Gasteiger partial charge in [-0.3, -0.25) is 0 Å². The lowest BCUT2D eigenvalue weighted by Gasteiger charge is -2.32. The standard InChI is InChI=1S/C130H102N4O6/c1-77-39-19-29-65-105(77)133(109-69-37-59-94-90-54-32-62-102(128(6,7)8)120(90)138-125(94)109)113-75-99-100-76-114(84-48-24-28-52-88(84)118(100)136-117(99)87-51-27-23-47-83(87)113)134(106-66-30-20-40-78(106)2)110-70-38-60-96-92-56-34-64-104(122(92)140-126(96)110)130(11,12)72-71-129(9,10)103-63-33-55-91-95-58-36-68-108(124(95)139-121(91)103)132(80-43-17-14-18-44-80)112-74-98-97-73-111(81-45-21-25-49-85(81)115(97)135-116(98)86-50-26-22-46-82(86)112)131(79-41-15-13-16-42-79)107-67-35-57-93-89-53-31-61-101(127(3,4)5)119(89)137-123(93)107/h13-70,73-76H,71-72H2,1-12H3. The minimum Gasteiger partial charge on any atom is -0.455 e. The van der Waals surface area contributed by atoms with Gasteiger partial charge in [-0.15, -0.1) is 0 Å². The molecule has 140 heavy (non-hydrogen) atoms. The minimum atomic E-state index is -0.387. The quantitative estimate of drug-likeness (QED) is 0.0878. The number of para-hydroxylation sites is 12. The number of anilines is 12. The van der Waals surface area contributed by atoms with Crippen LogP contribution in [0.25, 0.3) is 175 Å². The summed E-state index contributed by atoms with van der Waals surface area (Å²) in [6.45, 7) is 27.5. The fourth-order valence-electron chi connectivity index (χ4n) is 22.9. The molecule has 0 radical (unpaired) electrons. The van der Waals surface area contributed by atoms with E-state index in [0.717, 1.165) is 278 Å². The highest BCUT2D eigenvalue weighted by molar-refractivity contribution is 6.29. The Morgan fingerprint density at radius 3 is 0.650 bits per heavy atom. The number of hydrogen-bond acceptors (Lipinski definition) is 10. The zero-order chi connectivity index (χ0) is 94.7. The third kappa shape index (κ3) is 13.0. The fraction of sp³-hybridized carbons (Fsp3) is 0.138. The van der Waals surface area contributed by atoms with Crippen LogP contribution in [0.15, 0.2) is 403 Å². The molecule has 6 heterocycles. The van der Waals surface area contributed by atoms with Crippen molar-refractivity contribution in [2.45, 2.75) is 118 Å². The van der Waals surface area contributed by atoms with Crippen LogP contribution in [0.3, 0.4) is 0 Å². The Hall–Kier alpha value is -16.6. The summed E-state index contributed by atoms with van der Waals surface area (Å²) in [7, 11) is 0. The minimum absolute atomic E-state index is 0.151. The molecule has 0 aliphatic heterocycles. The van der Waals surface area contributed by atoms with Crippen molar-refractivity contribution in [2.24, 2.45) is 0 Å². The molecular formula is C130H102N4O6. The highest BCUT2D eigenvalue weighted by Crippen LogP contribution is 2.58. The second kappa shape index (κ2) is 31.5. The maximum atomic E-state index is 7.73. The lowest BCUT2D eigenvalue weighted by molar-refractivity contribution is 0.374. The summed E-state index contributed by atoms with van der Waals surface area (Å²) in [5.74, 6) is 0. The third-order valence-corrected chi connectivity index (χ3v) is 30.0. The predicted octanol–water partition coefficient (Wildman–Crippen LogP) is 38.8. The lowest BCUT2D eigenvalue weighted by Crippen LogP contribution is -2.24. The first-order valence-electron chi connectivity index (χ1n) is 48.9. The lowest BCUT2D eigenvalue weighted by atomic mass is 9.72. The number of benzene rings is 20. The van der Waals surface area contributed by atoms with Gasteiger partial charge >= 0.3 is 0 Å². The molecule has 0 bridgehead atoms. The molecule has 0 atom stereocenters. The maximum absolute atomic E-state index is 7.73. The Bertz CT molecular complexity index is 9620. The van der Waals surface area contributed by atoms with Gasteiger partial charge in [-0.05, 0) is 144 Å². The summed E-state index contributed by atoms with van der Waals surface area (Å²) in [4.78, 5) is 9.65. The Morgan fingerprint density at radius 2 is 0.364 bits per heavy atom. The van der Waals surface area contributed by atoms with E-state index in [-0.39, 0.29) is 21.7 Å². The van der Waals surface area contributed by atoms with Crippen LogP contribution in [0.5, 0.6) is 0 Å². The van der Waals surface area contributed by atoms with Crippen LogP contribution < -0.4 is 19.6 Å². The van der Waals surface area contributed by atoms with Crippen LogP contribution in [0.2, 0.25) is 0 Å². The summed E-state index contributed by atoms with van der Waals surface area (Å²) in [6.07, 6.45) is 1.66. The molecule has 0 fully saturated rings. The number of furan rings is 6. The van der Waals surface area contributed by atoms with Gasteiger partial charge < -0.3 is 46.1 Å². The average Bonchev–Trinajstić information content (AvgIpc) is 1.53. The van der Waals surface area contributed by atoms with Gasteiger partial charge in [0.05, 0.1) is 45.5 Å². The Balaban J connectivity index is 0.579. The molecule has 0 saturated carbocycles. The number of fused-ring (bicyclic) bond motifs is 26. The first-order chi connectivity index (χ1) is 68.1. The second-order valence-corrected chi connectivity index (χ2v) is 41.6. The summed E-state index contributed by atoms with van der Waals surface area (Å²) < 4.78 is 44.8. The Kier molecular flexibility index (Phi) is 18.9. The van der Waals surface area contributed by atoms with Gasteiger partial charge in [-0.2, -0.15) is 0 Å². The summed E-state index contributed by atoms with van der Waals surface area (Å²) in [5, 5.41) is 20.7. The van der Waals surface area contributed by atoms with Crippen molar-refractivity contribution in [3.63, 3.8) is 0 Å². The molecule has 678 valence electrons. The highest BCUT2D eigenvalue weighted by atomic mass is 16.4. The molecule has 0 N–H and O–H groups in total. The van der Waals surface area contributed by atoms with Crippen LogP contribution in [0, 0.1) is 13.8 Å². The molecule has 0 aliphatic carbocycles. The molecular weight excluding hydrogens is 1710 g/mol. The topological polar surface area (TPSA) is 91.8 Å². The van der Waals surface area contributed by atoms with Crippen molar-refractivity contribution in [3.8, 4) is 0 Å². The monoisotopic (exact) mass is 1810 g/mol. The zero-order valence-corrected chi connectivity index (χ0v) is 80.4. The molecule has 0 amide bonds. The summed E-state index contributed by atoms with van der Waals surface area (Å²) in [5.41, 5.74) is 27.7. The summed E-state index contributed by atoms with van der Waals surface area (Å²) in [6, 6.07) is 136. The molecule has 26 aromatic rings.